The van der Waals surface area contributed by atoms with Crippen LogP contribution in [0, 0.1) is 19.9 Å². The van der Waals surface area contributed by atoms with Gasteiger partial charge in [0.05, 0.1) is 0 Å². The Labute approximate surface area is 312 Å². The van der Waals surface area contributed by atoms with Crippen molar-refractivity contribution >= 4 is 3.21 Å². The molecule has 5 aromatic carbocycles. The van der Waals surface area contributed by atoms with Crippen molar-refractivity contribution in [3.8, 4) is 11.1 Å². The molecule has 0 nitrogen and oxygen atoms in total. The van der Waals surface area contributed by atoms with Gasteiger partial charge in [-0.2, -0.15) is 35.9 Å². The molecule has 0 bridgehead atoms. The molecule has 1 aliphatic rings. The van der Waals surface area contributed by atoms with Crippen LogP contribution in [0.4, 0.5) is 13.2 Å². The third kappa shape index (κ3) is 10.4. The number of benzene rings is 4. The summed E-state index contributed by atoms with van der Waals surface area (Å²) < 4.78 is 38.8. The minimum Gasteiger partial charge on any atom is -1.00 e. The fraction of sp³-hybridized carbons (Fsp3) is 0.286. The molecule has 0 heterocycles. The van der Waals surface area contributed by atoms with Crippen molar-refractivity contribution in [3.63, 3.8) is 0 Å². The first kappa shape index (κ1) is 41.5. The number of alkyl halides is 3. The van der Waals surface area contributed by atoms with Gasteiger partial charge < -0.3 is 24.8 Å². The Balaban J connectivity index is 0.000000286. The molecule has 6 rings (SSSR count). The topological polar surface area (TPSA) is 0 Å². The van der Waals surface area contributed by atoms with Crippen molar-refractivity contribution in [2.24, 2.45) is 0 Å². The standard InChI is InChI=1S/C23H29.C14H9F3.C5H5.2ClH.Zr/c1-14-9-16-11-17-10-15(2)21(23(6,7)8)13-19(17)18(16)12-20(14)22(3,4)5;15-14(16,17)13-8-4-7-12(10-13)9-11-5-2-1-3-6-11;1-2-4-5-3-1;;;/h9,12-13H,11H2,1-8H3;1-8,10H;1-5H;2*1H;/q-1;;-1;;;+2/p-2. The maximum absolute atomic E-state index is 12.6. The minimum atomic E-state index is -4.29. The molecule has 0 aromatic heterocycles. The Kier molecular flexibility index (Phi) is 14.6. The van der Waals surface area contributed by atoms with E-state index in [1.54, 1.807) is 6.07 Å². The van der Waals surface area contributed by atoms with Crippen molar-refractivity contribution in [2.45, 2.75) is 78.8 Å². The summed E-state index contributed by atoms with van der Waals surface area (Å²) >= 11 is 1.09. The summed E-state index contributed by atoms with van der Waals surface area (Å²) in [6, 6.07) is 35.9. The van der Waals surface area contributed by atoms with Gasteiger partial charge in [0.25, 0.3) is 0 Å². The summed E-state index contributed by atoms with van der Waals surface area (Å²) in [5, 5.41) is 0. The van der Waals surface area contributed by atoms with Crippen LogP contribution in [0.5, 0.6) is 0 Å². The van der Waals surface area contributed by atoms with Gasteiger partial charge in [0.2, 0.25) is 0 Å². The molecule has 0 unspecified atom stereocenters. The van der Waals surface area contributed by atoms with Gasteiger partial charge >= 0.3 is 118 Å². The Morgan fingerprint density at radius 1 is 0.688 bits per heavy atom. The fourth-order valence-corrected chi connectivity index (χ4v) is 6.76. The molecule has 0 fully saturated rings. The maximum Gasteiger partial charge on any atom is -0.172 e. The first-order chi connectivity index (χ1) is 21.5. The smallest absolute Gasteiger partial charge is 0.172 e. The van der Waals surface area contributed by atoms with Gasteiger partial charge in [-0.15, -0.1) is 16.7 Å². The predicted octanol–water partition coefficient (Wildman–Crippen LogP) is 5.50. The van der Waals surface area contributed by atoms with Gasteiger partial charge in [-0.05, 0) is 35.4 Å². The van der Waals surface area contributed by atoms with E-state index in [9.17, 15) is 13.2 Å². The van der Waals surface area contributed by atoms with Gasteiger partial charge in [-0.25, -0.2) is 12.1 Å². The SMILES string of the molecule is Cc1[c-]c2c(cc1C(C)(C)C)-c1cc(C(C)(C)C)c(C)cc1C2.FC(F)(F)c1cccc([C](=[Zr+2])c2ccccc2)c1.[Cl-].[Cl-].c1cc[cH-]c1. The van der Waals surface area contributed by atoms with Crippen molar-refractivity contribution in [1.82, 2.24) is 0 Å². The molecule has 0 spiro atoms. The van der Waals surface area contributed by atoms with Crippen LogP contribution in [-0.4, -0.2) is 3.21 Å². The second kappa shape index (κ2) is 16.8. The van der Waals surface area contributed by atoms with E-state index < -0.39 is 11.7 Å². The van der Waals surface area contributed by atoms with E-state index in [0.29, 0.717) is 5.56 Å². The van der Waals surface area contributed by atoms with Crippen molar-refractivity contribution in [1.29, 1.82) is 0 Å². The van der Waals surface area contributed by atoms with Gasteiger partial charge in [0.15, 0.2) is 0 Å². The fourth-order valence-electron chi connectivity index (χ4n) is 5.97. The summed E-state index contributed by atoms with van der Waals surface area (Å²) in [5.41, 5.74) is 12.6. The van der Waals surface area contributed by atoms with E-state index in [4.69, 9.17) is 0 Å². The summed E-state index contributed by atoms with van der Waals surface area (Å²) in [6.45, 7) is 18.2. The second-order valence-corrected chi connectivity index (χ2v) is 15.2. The van der Waals surface area contributed by atoms with Crippen LogP contribution < -0.4 is 24.8 Å². The van der Waals surface area contributed by atoms with Crippen LogP contribution in [0.25, 0.3) is 11.1 Å². The summed E-state index contributed by atoms with van der Waals surface area (Å²) in [6.07, 6.45) is -3.26. The first-order valence-electron chi connectivity index (χ1n) is 15.7. The molecular weight excluding hydrogens is 724 g/mol. The van der Waals surface area contributed by atoms with Crippen LogP contribution >= 0.6 is 0 Å². The van der Waals surface area contributed by atoms with Crippen LogP contribution in [0.15, 0.2) is 103 Å². The quantitative estimate of drug-likeness (QED) is 0.205. The molecule has 1 aliphatic carbocycles. The average molecular weight is 767 g/mol. The molecule has 0 atom stereocenters. The summed E-state index contributed by atoms with van der Waals surface area (Å²) in [7, 11) is 0. The number of fused-ring (bicyclic) bond motifs is 3. The zero-order chi connectivity index (χ0) is 33.9. The third-order valence-corrected chi connectivity index (χ3v) is 9.60. The van der Waals surface area contributed by atoms with Gasteiger partial charge in [0.1, 0.15) is 0 Å². The predicted molar refractivity (Wildman–Crippen MR) is 184 cm³/mol. The molecule has 0 radical (unpaired) electrons. The monoisotopic (exact) mass is 764 g/mol. The molecule has 6 heteroatoms. The van der Waals surface area contributed by atoms with E-state index in [1.165, 1.54) is 56.6 Å². The van der Waals surface area contributed by atoms with Crippen LogP contribution in [-0.2, 0) is 47.7 Å². The van der Waals surface area contributed by atoms with E-state index in [1.807, 2.05) is 60.7 Å². The zero-order valence-corrected chi connectivity index (χ0v) is 32.9. The van der Waals surface area contributed by atoms with Crippen LogP contribution in [0.2, 0.25) is 0 Å². The third-order valence-electron chi connectivity index (χ3n) is 8.18. The van der Waals surface area contributed by atoms with Crippen LogP contribution in [0.3, 0.4) is 0 Å². The molecule has 48 heavy (non-hydrogen) atoms. The average Bonchev–Trinajstić information content (AvgIpc) is 3.67. The van der Waals surface area contributed by atoms with Gasteiger partial charge in [-0.3, -0.25) is 0 Å². The minimum absolute atomic E-state index is 0. The Morgan fingerprint density at radius 3 is 1.77 bits per heavy atom. The normalized spacial score (nSPS) is 11.8. The van der Waals surface area contributed by atoms with Gasteiger partial charge in [0, 0.05) is 0 Å². The molecular formula is C42H43Cl2F3Zr-2. The number of rotatable bonds is 2. The summed E-state index contributed by atoms with van der Waals surface area (Å²) in [5.74, 6) is 0. The Morgan fingerprint density at radius 2 is 1.25 bits per heavy atom. The molecule has 0 saturated carbocycles. The summed E-state index contributed by atoms with van der Waals surface area (Å²) in [4.78, 5) is 0. The Bertz CT molecular complexity index is 1710. The number of hydrogen-bond donors (Lipinski definition) is 0. The molecule has 5 aromatic rings. The van der Waals surface area contributed by atoms with E-state index in [0.717, 1.165) is 45.5 Å². The molecule has 0 N–H and O–H groups in total. The number of halogens is 5. The first-order valence-corrected chi connectivity index (χ1v) is 16.9. The number of hydrogen-bond acceptors (Lipinski definition) is 0. The van der Waals surface area contributed by atoms with E-state index >= 15 is 0 Å². The van der Waals surface area contributed by atoms with E-state index in [-0.39, 0.29) is 35.6 Å². The molecule has 0 aliphatic heterocycles. The van der Waals surface area contributed by atoms with Crippen LogP contribution in [0.1, 0.15) is 91.6 Å². The zero-order valence-electron chi connectivity index (χ0n) is 28.9. The number of aryl methyl sites for hydroxylation is 2. The maximum atomic E-state index is 12.6. The van der Waals surface area contributed by atoms with Crippen molar-refractivity contribution < 1.29 is 62.2 Å². The second-order valence-electron chi connectivity index (χ2n) is 14.0. The Hall–Kier alpha value is -2.65. The van der Waals surface area contributed by atoms with Gasteiger partial charge in [-0.1, -0.05) is 71.6 Å². The van der Waals surface area contributed by atoms with Crippen molar-refractivity contribution in [3.05, 3.63) is 159 Å². The molecule has 0 saturated heterocycles. The van der Waals surface area contributed by atoms with Crippen molar-refractivity contribution in [2.75, 3.05) is 0 Å². The largest absolute Gasteiger partial charge is 1.00 e. The molecule has 0 amide bonds. The van der Waals surface area contributed by atoms with E-state index in [2.05, 4.69) is 79.7 Å². The molecule has 252 valence electrons.